The Morgan fingerprint density at radius 2 is 0.938 bits per heavy atom. The first-order chi connectivity index (χ1) is 7.95. The van der Waals surface area contributed by atoms with E-state index in [1.165, 1.54) is 23.2 Å². The van der Waals surface area contributed by atoms with Crippen molar-refractivity contribution >= 4 is 18.1 Å². The molecule has 0 atom stereocenters. The molecule has 2 heteroatoms. The van der Waals surface area contributed by atoms with E-state index in [1.807, 2.05) is 0 Å². The molecule has 0 aliphatic heterocycles. The molecule has 0 N–H and O–H groups in total. The summed E-state index contributed by atoms with van der Waals surface area (Å²) in [4.78, 5) is 0. The molecule has 4 radical (unpaired) electrons. The van der Waals surface area contributed by atoms with Crippen LogP contribution in [-0.4, -0.2) is 18.1 Å². The Kier molecular flexibility index (Phi) is 4.58. The standard InChI is InChI=1S/C14H14Si2/c1-3-7-13(8-4-1)11-15-16-12-14-9-5-2-6-10-14/h1-10H,11-12H2. The lowest BCUT2D eigenvalue weighted by molar-refractivity contribution is 1.38. The second kappa shape index (κ2) is 6.45. The lowest BCUT2D eigenvalue weighted by Crippen LogP contribution is -2.10. The van der Waals surface area contributed by atoms with Crippen molar-refractivity contribution in [1.82, 2.24) is 0 Å². The Balaban J connectivity index is 1.70. The largest absolute Gasteiger partial charge is 0.0622 e. The fraction of sp³-hybridized carbons (Fsp3) is 0.143. The summed E-state index contributed by atoms with van der Waals surface area (Å²) in [7, 11) is 2.13. The van der Waals surface area contributed by atoms with Crippen molar-refractivity contribution in [1.29, 1.82) is 0 Å². The summed E-state index contributed by atoms with van der Waals surface area (Å²) < 4.78 is 0. The monoisotopic (exact) mass is 238 g/mol. The minimum absolute atomic E-state index is 1.06. The van der Waals surface area contributed by atoms with Gasteiger partial charge in [-0.15, -0.1) is 0 Å². The molecule has 0 bridgehead atoms. The Hall–Kier alpha value is -1.13. The van der Waals surface area contributed by atoms with E-state index in [1.54, 1.807) is 0 Å². The molecule has 2 aromatic rings. The van der Waals surface area contributed by atoms with Crippen LogP contribution >= 0.6 is 0 Å². The smallest absolute Gasteiger partial charge is 0.0283 e. The molecule has 0 saturated heterocycles. The second-order valence-corrected chi connectivity index (χ2v) is 7.21. The summed E-state index contributed by atoms with van der Waals surface area (Å²) in [5.74, 6) is 0. The molecule has 0 aromatic heterocycles. The van der Waals surface area contributed by atoms with Crippen molar-refractivity contribution in [2.45, 2.75) is 12.1 Å². The third-order valence-electron chi connectivity index (χ3n) is 2.40. The van der Waals surface area contributed by atoms with Crippen molar-refractivity contribution in [3.63, 3.8) is 0 Å². The average molecular weight is 238 g/mol. The van der Waals surface area contributed by atoms with E-state index >= 15 is 0 Å². The molecule has 0 saturated carbocycles. The van der Waals surface area contributed by atoms with Crippen LogP contribution in [0.25, 0.3) is 0 Å². The van der Waals surface area contributed by atoms with Crippen LogP contribution in [0.4, 0.5) is 0 Å². The van der Waals surface area contributed by atoms with Gasteiger partial charge in [-0.1, -0.05) is 71.8 Å². The first-order valence-corrected chi connectivity index (χ1v) is 8.90. The Morgan fingerprint density at radius 3 is 1.31 bits per heavy atom. The highest BCUT2D eigenvalue weighted by Crippen LogP contribution is 2.00. The molecular formula is C14H14Si2. The molecule has 0 spiro atoms. The first kappa shape index (κ1) is 11.4. The van der Waals surface area contributed by atoms with Crippen molar-refractivity contribution in [3.05, 3.63) is 71.8 Å². The maximum absolute atomic E-state index is 2.22. The van der Waals surface area contributed by atoms with Gasteiger partial charge in [-0.3, -0.25) is 0 Å². The van der Waals surface area contributed by atoms with Crippen molar-refractivity contribution in [3.8, 4) is 0 Å². The molecule has 2 rings (SSSR count). The summed E-state index contributed by atoms with van der Waals surface area (Å²) in [6.45, 7) is 0. The van der Waals surface area contributed by atoms with E-state index in [0.717, 1.165) is 18.1 Å². The first-order valence-electron chi connectivity index (χ1n) is 5.49. The van der Waals surface area contributed by atoms with E-state index in [4.69, 9.17) is 0 Å². The summed E-state index contributed by atoms with van der Waals surface area (Å²) in [5, 5.41) is 0. The Bertz CT molecular complexity index is 356. The summed E-state index contributed by atoms with van der Waals surface area (Å²) in [6.07, 6.45) is 0. The average Bonchev–Trinajstić information content (AvgIpc) is 2.37. The van der Waals surface area contributed by atoms with E-state index in [2.05, 4.69) is 60.7 Å². The van der Waals surface area contributed by atoms with Gasteiger partial charge in [0.05, 0.1) is 0 Å². The normalized spacial score (nSPS) is 10.2. The fourth-order valence-electron chi connectivity index (χ4n) is 1.52. The number of benzene rings is 2. The number of rotatable bonds is 5. The lowest BCUT2D eigenvalue weighted by Gasteiger charge is -2.00. The third-order valence-corrected chi connectivity index (χ3v) is 5.63. The van der Waals surface area contributed by atoms with Gasteiger partial charge in [0.2, 0.25) is 0 Å². The molecule has 0 fully saturated rings. The highest BCUT2D eigenvalue weighted by molar-refractivity contribution is 6.99. The molecule has 16 heavy (non-hydrogen) atoms. The van der Waals surface area contributed by atoms with E-state index in [9.17, 15) is 0 Å². The van der Waals surface area contributed by atoms with Gasteiger partial charge in [-0.25, -0.2) is 0 Å². The van der Waals surface area contributed by atoms with Gasteiger partial charge < -0.3 is 0 Å². The second-order valence-electron chi connectivity index (χ2n) is 3.68. The summed E-state index contributed by atoms with van der Waals surface area (Å²) >= 11 is 0. The predicted molar refractivity (Wildman–Crippen MR) is 71.8 cm³/mol. The molecule has 0 unspecified atom stereocenters. The number of hydrogen-bond acceptors (Lipinski definition) is 0. The maximum atomic E-state index is 2.22. The van der Waals surface area contributed by atoms with Gasteiger partial charge in [0.25, 0.3) is 0 Å². The molecule has 0 aliphatic rings. The number of hydrogen-bond donors (Lipinski definition) is 0. The zero-order valence-corrected chi connectivity index (χ0v) is 11.2. The SMILES string of the molecule is c1ccc(C[Si][Si]Cc2ccccc2)cc1. The molecule has 0 nitrogen and oxygen atoms in total. The molecule has 78 valence electrons. The van der Waals surface area contributed by atoms with E-state index in [0.29, 0.717) is 0 Å². The van der Waals surface area contributed by atoms with Crippen LogP contribution < -0.4 is 0 Å². The van der Waals surface area contributed by atoms with Gasteiger partial charge in [0.1, 0.15) is 0 Å². The van der Waals surface area contributed by atoms with Crippen molar-refractivity contribution in [2.75, 3.05) is 0 Å². The maximum Gasteiger partial charge on any atom is 0.0283 e. The molecule has 0 heterocycles. The van der Waals surface area contributed by atoms with Crippen LogP contribution in [0.5, 0.6) is 0 Å². The van der Waals surface area contributed by atoms with Crippen LogP contribution in [0.2, 0.25) is 0 Å². The molecular weight excluding hydrogens is 224 g/mol. The van der Waals surface area contributed by atoms with Gasteiger partial charge >= 0.3 is 0 Å². The molecule has 2 aromatic carbocycles. The minimum atomic E-state index is 1.06. The van der Waals surface area contributed by atoms with Gasteiger partial charge in [0.15, 0.2) is 0 Å². The van der Waals surface area contributed by atoms with Crippen LogP contribution in [0.15, 0.2) is 60.7 Å². The summed E-state index contributed by atoms with van der Waals surface area (Å²) in [5.41, 5.74) is 2.95. The van der Waals surface area contributed by atoms with Crippen molar-refractivity contribution in [2.24, 2.45) is 0 Å². The zero-order valence-electron chi connectivity index (χ0n) is 9.19. The summed E-state index contributed by atoms with van der Waals surface area (Å²) in [6, 6.07) is 24.0. The van der Waals surface area contributed by atoms with Crippen molar-refractivity contribution < 1.29 is 0 Å². The van der Waals surface area contributed by atoms with E-state index in [-0.39, 0.29) is 0 Å². The Labute approximate surface area is 102 Å². The van der Waals surface area contributed by atoms with Crippen LogP contribution in [0.1, 0.15) is 11.1 Å². The zero-order chi connectivity index (χ0) is 11.1. The Morgan fingerprint density at radius 1 is 0.562 bits per heavy atom. The van der Waals surface area contributed by atoms with Gasteiger partial charge in [0, 0.05) is 18.1 Å². The topological polar surface area (TPSA) is 0 Å². The van der Waals surface area contributed by atoms with Gasteiger partial charge in [-0.2, -0.15) is 0 Å². The minimum Gasteiger partial charge on any atom is -0.0622 e. The van der Waals surface area contributed by atoms with Crippen LogP contribution in [0.3, 0.4) is 0 Å². The fourth-order valence-corrected chi connectivity index (χ4v) is 4.63. The van der Waals surface area contributed by atoms with Gasteiger partial charge in [-0.05, 0) is 12.1 Å². The molecule has 0 aliphatic carbocycles. The van der Waals surface area contributed by atoms with Crippen LogP contribution in [0, 0.1) is 0 Å². The highest BCUT2D eigenvalue weighted by atomic mass is 29.1. The highest BCUT2D eigenvalue weighted by Gasteiger charge is 1.96. The third kappa shape index (κ3) is 3.79. The van der Waals surface area contributed by atoms with Crippen LogP contribution in [-0.2, 0) is 12.1 Å². The lowest BCUT2D eigenvalue weighted by atomic mass is 10.2. The van der Waals surface area contributed by atoms with E-state index < -0.39 is 0 Å². The predicted octanol–water partition coefficient (Wildman–Crippen LogP) is 2.71. The quantitative estimate of drug-likeness (QED) is 0.555. The molecule has 0 amide bonds.